The molecule has 0 fully saturated rings. The predicted octanol–water partition coefficient (Wildman–Crippen LogP) is 2.03. The molecule has 2 rings (SSSR count). The summed E-state index contributed by atoms with van der Waals surface area (Å²) in [4.78, 5) is 16.0. The number of furan rings is 1. The van der Waals surface area contributed by atoms with E-state index >= 15 is 0 Å². The summed E-state index contributed by atoms with van der Waals surface area (Å²) in [7, 11) is 0. The van der Waals surface area contributed by atoms with Gasteiger partial charge in [-0.2, -0.15) is 0 Å². The number of hydrogen-bond donors (Lipinski definition) is 2. The van der Waals surface area contributed by atoms with Gasteiger partial charge in [-0.1, -0.05) is 0 Å². The molecule has 0 spiro atoms. The highest BCUT2D eigenvalue weighted by Crippen LogP contribution is 2.12. The summed E-state index contributed by atoms with van der Waals surface area (Å²) in [6.07, 6.45) is 1.25. The van der Waals surface area contributed by atoms with Crippen LogP contribution in [-0.4, -0.2) is 16.1 Å². The zero-order chi connectivity index (χ0) is 12.3. The number of carboxylic acid groups (broad SMARTS) is 1. The van der Waals surface area contributed by atoms with Gasteiger partial charge in [0.1, 0.15) is 12.0 Å². The van der Waals surface area contributed by atoms with Crippen LogP contribution in [0.1, 0.15) is 26.7 Å². The average Bonchev–Trinajstić information content (AvgIpc) is 2.89. The quantitative estimate of drug-likeness (QED) is 0.851. The van der Waals surface area contributed by atoms with E-state index < -0.39 is 5.97 Å². The number of carbonyl (C=O) groups is 1. The number of nitrogens with zero attached hydrogens (tertiary/aromatic N) is 1. The SMILES string of the molecule is Cc1ncsc1CNCc1cc(C(=O)O)co1. The second-order valence-electron chi connectivity index (χ2n) is 3.57. The molecule has 0 atom stereocenters. The number of nitrogens with one attached hydrogen (secondary N) is 1. The molecule has 2 aromatic heterocycles. The molecule has 0 aliphatic carbocycles. The van der Waals surface area contributed by atoms with Crippen LogP contribution in [0.5, 0.6) is 0 Å². The first-order chi connectivity index (χ1) is 8.16. The molecule has 0 radical (unpaired) electrons. The number of aromatic carboxylic acids is 1. The van der Waals surface area contributed by atoms with Gasteiger partial charge in [0.2, 0.25) is 0 Å². The molecule has 2 heterocycles. The van der Waals surface area contributed by atoms with Crippen LogP contribution >= 0.6 is 11.3 Å². The molecular formula is C11H12N2O3S. The summed E-state index contributed by atoms with van der Waals surface area (Å²) in [6, 6.07) is 1.52. The van der Waals surface area contributed by atoms with Crippen molar-refractivity contribution in [2.75, 3.05) is 0 Å². The lowest BCUT2D eigenvalue weighted by atomic mass is 10.3. The Morgan fingerprint density at radius 1 is 1.59 bits per heavy atom. The third kappa shape index (κ3) is 2.92. The normalized spacial score (nSPS) is 10.6. The Morgan fingerprint density at radius 3 is 3.00 bits per heavy atom. The standard InChI is InChI=1S/C11H12N2O3S/c1-7-10(17-6-13-7)4-12-3-9-2-8(5-16-9)11(14)15/h2,5-6,12H,3-4H2,1H3,(H,14,15). The first-order valence-electron chi connectivity index (χ1n) is 5.07. The maximum Gasteiger partial charge on any atom is 0.338 e. The topological polar surface area (TPSA) is 75.4 Å². The Labute approximate surface area is 102 Å². The molecule has 0 aromatic carbocycles. The lowest BCUT2D eigenvalue weighted by Crippen LogP contribution is -2.11. The van der Waals surface area contributed by atoms with Gasteiger partial charge in [-0.3, -0.25) is 0 Å². The van der Waals surface area contributed by atoms with Crippen molar-refractivity contribution in [3.05, 3.63) is 39.7 Å². The number of hydrogen-bond acceptors (Lipinski definition) is 5. The Morgan fingerprint density at radius 2 is 2.41 bits per heavy atom. The van der Waals surface area contributed by atoms with E-state index in [2.05, 4.69) is 10.3 Å². The van der Waals surface area contributed by atoms with Gasteiger partial charge in [0, 0.05) is 11.4 Å². The Hall–Kier alpha value is -1.66. The van der Waals surface area contributed by atoms with E-state index in [1.54, 1.807) is 11.3 Å². The fourth-order valence-electron chi connectivity index (χ4n) is 1.38. The second-order valence-corrected chi connectivity index (χ2v) is 4.51. The van der Waals surface area contributed by atoms with Crippen LogP contribution in [0.25, 0.3) is 0 Å². The van der Waals surface area contributed by atoms with Crippen LogP contribution in [0.15, 0.2) is 22.3 Å². The highest BCUT2D eigenvalue weighted by Gasteiger charge is 2.08. The molecular weight excluding hydrogens is 240 g/mol. The van der Waals surface area contributed by atoms with Gasteiger partial charge >= 0.3 is 5.97 Å². The van der Waals surface area contributed by atoms with Crippen molar-refractivity contribution in [1.29, 1.82) is 0 Å². The van der Waals surface area contributed by atoms with E-state index in [1.165, 1.54) is 17.2 Å². The monoisotopic (exact) mass is 252 g/mol. The maximum absolute atomic E-state index is 10.6. The Balaban J connectivity index is 1.86. The van der Waals surface area contributed by atoms with E-state index in [0.717, 1.165) is 5.69 Å². The average molecular weight is 252 g/mol. The number of rotatable bonds is 5. The molecule has 0 amide bonds. The van der Waals surface area contributed by atoms with Crippen LogP contribution in [-0.2, 0) is 13.1 Å². The summed E-state index contributed by atoms with van der Waals surface area (Å²) in [5.41, 5.74) is 3.01. The number of carboxylic acids is 1. The first kappa shape index (κ1) is 11.8. The number of thiazole rings is 1. The summed E-state index contributed by atoms with van der Waals surface area (Å²) < 4.78 is 5.12. The van der Waals surface area contributed by atoms with Gasteiger partial charge in [-0.05, 0) is 13.0 Å². The summed E-state index contributed by atoms with van der Waals surface area (Å²) in [5.74, 6) is -0.358. The molecule has 2 N–H and O–H groups in total. The van der Waals surface area contributed by atoms with Crippen LogP contribution in [0.3, 0.4) is 0 Å². The van der Waals surface area contributed by atoms with Crippen LogP contribution < -0.4 is 5.32 Å². The van der Waals surface area contributed by atoms with Gasteiger partial charge in [-0.15, -0.1) is 11.3 Å². The fraction of sp³-hybridized carbons (Fsp3) is 0.273. The number of aromatic nitrogens is 1. The van der Waals surface area contributed by atoms with Crippen molar-refractivity contribution in [2.45, 2.75) is 20.0 Å². The predicted molar refractivity (Wildman–Crippen MR) is 63.1 cm³/mol. The van der Waals surface area contributed by atoms with Gasteiger partial charge < -0.3 is 14.8 Å². The lowest BCUT2D eigenvalue weighted by Gasteiger charge is -2.00. The second kappa shape index (κ2) is 5.11. The molecule has 17 heavy (non-hydrogen) atoms. The van der Waals surface area contributed by atoms with E-state index in [0.29, 0.717) is 18.8 Å². The molecule has 0 aliphatic rings. The van der Waals surface area contributed by atoms with Crippen LogP contribution in [0.4, 0.5) is 0 Å². The summed E-state index contributed by atoms with van der Waals surface area (Å²) in [6.45, 7) is 3.17. The number of aryl methyl sites for hydroxylation is 1. The molecule has 0 bridgehead atoms. The van der Waals surface area contributed by atoms with Gasteiger partial charge in [0.15, 0.2) is 0 Å². The van der Waals surface area contributed by atoms with Crippen LogP contribution in [0, 0.1) is 6.92 Å². The minimum Gasteiger partial charge on any atom is -0.478 e. The molecule has 6 heteroatoms. The van der Waals surface area contributed by atoms with Crippen molar-refractivity contribution in [2.24, 2.45) is 0 Å². The van der Waals surface area contributed by atoms with Crippen LogP contribution in [0.2, 0.25) is 0 Å². The molecule has 0 saturated heterocycles. The summed E-state index contributed by atoms with van der Waals surface area (Å²) in [5, 5.41) is 11.9. The zero-order valence-electron chi connectivity index (χ0n) is 9.27. The van der Waals surface area contributed by atoms with E-state index in [4.69, 9.17) is 9.52 Å². The minimum atomic E-state index is -0.974. The molecule has 2 aromatic rings. The van der Waals surface area contributed by atoms with Crippen molar-refractivity contribution in [1.82, 2.24) is 10.3 Å². The molecule has 5 nitrogen and oxygen atoms in total. The fourth-order valence-corrected chi connectivity index (χ4v) is 2.13. The lowest BCUT2D eigenvalue weighted by molar-refractivity contribution is 0.0696. The van der Waals surface area contributed by atoms with Crippen molar-refractivity contribution >= 4 is 17.3 Å². The highest BCUT2D eigenvalue weighted by atomic mass is 32.1. The summed E-state index contributed by atoms with van der Waals surface area (Å²) >= 11 is 1.60. The maximum atomic E-state index is 10.6. The minimum absolute atomic E-state index is 0.177. The molecule has 90 valence electrons. The molecule has 0 aliphatic heterocycles. The van der Waals surface area contributed by atoms with Gasteiger partial charge in [0.05, 0.1) is 23.3 Å². The van der Waals surface area contributed by atoms with E-state index in [-0.39, 0.29) is 5.56 Å². The first-order valence-corrected chi connectivity index (χ1v) is 5.95. The third-order valence-corrected chi connectivity index (χ3v) is 3.27. The van der Waals surface area contributed by atoms with E-state index in [1.807, 2.05) is 12.4 Å². The van der Waals surface area contributed by atoms with Crippen molar-refractivity contribution in [3.63, 3.8) is 0 Å². The largest absolute Gasteiger partial charge is 0.478 e. The van der Waals surface area contributed by atoms with Crippen molar-refractivity contribution < 1.29 is 14.3 Å². The smallest absolute Gasteiger partial charge is 0.338 e. The van der Waals surface area contributed by atoms with Gasteiger partial charge in [0.25, 0.3) is 0 Å². The highest BCUT2D eigenvalue weighted by molar-refractivity contribution is 7.09. The third-order valence-electron chi connectivity index (χ3n) is 2.33. The molecule has 0 unspecified atom stereocenters. The van der Waals surface area contributed by atoms with Gasteiger partial charge in [-0.25, -0.2) is 9.78 Å². The zero-order valence-corrected chi connectivity index (χ0v) is 10.1. The molecule has 0 saturated carbocycles. The Kier molecular flexibility index (Phi) is 3.55. The van der Waals surface area contributed by atoms with Crippen molar-refractivity contribution in [3.8, 4) is 0 Å². The Bertz CT molecular complexity index is 518. The van der Waals surface area contributed by atoms with E-state index in [9.17, 15) is 4.79 Å².